The number of sulfonamides is 1. The Kier molecular flexibility index (Phi) is 2.90. The molecule has 110 valence electrons. The minimum atomic E-state index is -3.23. The van der Waals surface area contributed by atoms with Crippen molar-refractivity contribution in [2.45, 2.75) is 6.42 Å². The topological polar surface area (TPSA) is 59.1 Å². The predicted molar refractivity (Wildman–Crippen MR) is 88.3 cm³/mol. The number of aryl methyl sites for hydroxylation is 1. The van der Waals surface area contributed by atoms with Crippen molar-refractivity contribution < 1.29 is 8.42 Å². The summed E-state index contributed by atoms with van der Waals surface area (Å²) in [5.41, 5.74) is 4.57. The lowest BCUT2D eigenvalue weighted by Crippen LogP contribution is -2.24. The molecule has 1 N–H and O–H groups in total. The summed E-state index contributed by atoms with van der Waals surface area (Å²) in [4.78, 5) is 4.32. The molecule has 0 fully saturated rings. The van der Waals surface area contributed by atoms with Gasteiger partial charge in [-0.1, -0.05) is 30.3 Å². The predicted octanol–water partition coefficient (Wildman–Crippen LogP) is 3.20. The first-order valence-electron chi connectivity index (χ1n) is 7.10. The molecular formula is C17H14N2O2S. The number of rotatable bonds is 1. The fraction of sp³-hybridized carbons (Fsp3) is 0.118. The van der Waals surface area contributed by atoms with Crippen LogP contribution < -0.4 is 4.72 Å². The highest BCUT2D eigenvalue weighted by molar-refractivity contribution is 7.92. The number of benzene rings is 2. The summed E-state index contributed by atoms with van der Waals surface area (Å²) in [5, 5.41) is 1.04. The number of hydrogen-bond acceptors (Lipinski definition) is 3. The van der Waals surface area contributed by atoms with E-state index in [2.05, 4.69) is 9.71 Å². The van der Waals surface area contributed by atoms with Gasteiger partial charge in [0.2, 0.25) is 10.0 Å². The van der Waals surface area contributed by atoms with E-state index in [1.54, 1.807) is 6.20 Å². The summed E-state index contributed by atoms with van der Waals surface area (Å²) in [6.07, 6.45) is 2.31. The van der Waals surface area contributed by atoms with Crippen molar-refractivity contribution >= 4 is 26.6 Å². The van der Waals surface area contributed by atoms with Gasteiger partial charge in [0.1, 0.15) is 0 Å². The van der Waals surface area contributed by atoms with Crippen LogP contribution in [0.3, 0.4) is 0 Å². The average Bonchev–Trinajstić information content (AvgIpc) is 2.53. The number of hydrogen-bond donors (Lipinski definition) is 1. The minimum absolute atomic E-state index is 0.144. The summed E-state index contributed by atoms with van der Waals surface area (Å²) in [7, 11) is -3.23. The lowest BCUT2D eigenvalue weighted by molar-refractivity contribution is 0.599. The zero-order valence-electron chi connectivity index (χ0n) is 11.8. The van der Waals surface area contributed by atoms with E-state index >= 15 is 0 Å². The van der Waals surface area contributed by atoms with Gasteiger partial charge in [0.25, 0.3) is 0 Å². The Bertz CT molecular complexity index is 981. The van der Waals surface area contributed by atoms with Crippen LogP contribution in [-0.2, 0) is 16.4 Å². The maximum absolute atomic E-state index is 11.9. The number of pyridine rings is 1. The summed E-state index contributed by atoms with van der Waals surface area (Å²) in [6, 6.07) is 15.8. The molecule has 2 aromatic carbocycles. The SMILES string of the molecule is O=S1(=O)CCc2cccc(-c3ccc4ncccc4c3)c2N1. The first-order valence-corrected chi connectivity index (χ1v) is 8.75. The Hall–Kier alpha value is -2.40. The van der Waals surface area contributed by atoms with Crippen LogP contribution in [0.1, 0.15) is 5.56 Å². The molecule has 0 atom stereocenters. The van der Waals surface area contributed by atoms with E-state index in [0.717, 1.165) is 27.6 Å². The van der Waals surface area contributed by atoms with Gasteiger partial charge in [0.05, 0.1) is 17.0 Å². The van der Waals surface area contributed by atoms with Crippen LogP contribution in [0.15, 0.2) is 54.7 Å². The summed E-state index contributed by atoms with van der Waals surface area (Å²) in [6.45, 7) is 0. The molecule has 0 aliphatic carbocycles. The highest BCUT2D eigenvalue weighted by Gasteiger charge is 2.22. The normalized spacial score (nSPS) is 16.0. The lowest BCUT2D eigenvalue weighted by atomic mass is 9.98. The zero-order chi connectivity index (χ0) is 15.2. The van der Waals surface area contributed by atoms with Crippen molar-refractivity contribution in [2.24, 2.45) is 0 Å². The summed E-state index contributed by atoms with van der Waals surface area (Å²) < 4.78 is 26.5. The third-order valence-corrected chi connectivity index (χ3v) is 5.22. The van der Waals surface area contributed by atoms with E-state index < -0.39 is 10.0 Å². The molecule has 3 aromatic rings. The van der Waals surface area contributed by atoms with Gasteiger partial charge in [-0.3, -0.25) is 9.71 Å². The average molecular weight is 310 g/mol. The van der Waals surface area contributed by atoms with E-state index in [1.807, 2.05) is 48.5 Å². The van der Waals surface area contributed by atoms with Gasteiger partial charge < -0.3 is 0 Å². The van der Waals surface area contributed by atoms with Gasteiger partial charge in [0, 0.05) is 17.1 Å². The Morgan fingerprint density at radius 3 is 2.86 bits per heavy atom. The largest absolute Gasteiger partial charge is 0.283 e. The Labute approximate surface area is 128 Å². The molecular weight excluding hydrogens is 296 g/mol. The number of anilines is 1. The molecule has 0 bridgehead atoms. The smallest absolute Gasteiger partial charge is 0.233 e. The molecule has 0 amide bonds. The molecule has 1 aliphatic rings. The molecule has 0 saturated carbocycles. The van der Waals surface area contributed by atoms with Gasteiger partial charge in [-0.05, 0) is 35.7 Å². The van der Waals surface area contributed by atoms with E-state index in [4.69, 9.17) is 0 Å². The van der Waals surface area contributed by atoms with Gasteiger partial charge in [0.15, 0.2) is 0 Å². The third-order valence-electron chi connectivity index (χ3n) is 3.96. The number of para-hydroxylation sites is 1. The number of fused-ring (bicyclic) bond motifs is 2. The zero-order valence-corrected chi connectivity index (χ0v) is 12.6. The second-order valence-corrected chi connectivity index (χ2v) is 7.26. The fourth-order valence-corrected chi connectivity index (χ4v) is 4.01. The number of nitrogens with one attached hydrogen (secondary N) is 1. The van der Waals surface area contributed by atoms with Crippen molar-refractivity contribution in [3.05, 3.63) is 60.3 Å². The standard InChI is InChI=1S/C17H14N2O2S/c20-22(21)10-8-12-3-1-5-15(17(12)19-22)13-6-7-16-14(11-13)4-2-9-18-16/h1-7,9,11,19H,8,10H2. The molecule has 4 rings (SSSR count). The molecule has 22 heavy (non-hydrogen) atoms. The van der Waals surface area contributed by atoms with Crippen LogP contribution in [0.4, 0.5) is 5.69 Å². The quantitative estimate of drug-likeness (QED) is 0.751. The highest BCUT2D eigenvalue weighted by Crippen LogP contribution is 2.35. The van der Waals surface area contributed by atoms with Gasteiger partial charge in [-0.25, -0.2) is 8.42 Å². The first-order chi connectivity index (χ1) is 10.6. The highest BCUT2D eigenvalue weighted by atomic mass is 32.2. The molecule has 2 heterocycles. The second kappa shape index (κ2) is 4.81. The van der Waals surface area contributed by atoms with Crippen molar-refractivity contribution in [3.8, 4) is 11.1 Å². The molecule has 0 saturated heterocycles. The lowest BCUT2D eigenvalue weighted by Gasteiger charge is -2.21. The minimum Gasteiger partial charge on any atom is -0.283 e. The van der Waals surface area contributed by atoms with Crippen LogP contribution >= 0.6 is 0 Å². The molecule has 0 spiro atoms. The van der Waals surface area contributed by atoms with Gasteiger partial charge >= 0.3 is 0 Å². The van der Waals surface area contributed by atoms with Crippen LogP contribution in [-0.4, -0.2) is 19.2 Å². The maximum Gasteiger partial charge on any atom is 0.233 e. The van der Waals surface area contributed by atoms with Crippen molar-refractivity contribution in [3.63, 3.8) is 0 Å². The molecule has 1 aliphatic heterocycles. The summed E-state index contributed by atoms with van der Waals surface area (Å²) in [5.74, 6) is 0.144. The monoisotopic (exact) mass is 310 g/mol. The number of nitrogens with zero attached hydrogens (tertiary/aromatic N) is 1. The second-order valence-electron chi connectivity index (χ2n) is 5.42. The van der Waals surface area contributed by atoms with E-state index in [1.165, 1.54) is 0 Å². The Balaban J connectivity index is 1.92. The molecule has 0 unspecified atom stereocenters. The van der Waals surface area contributed by atoms with E-state index in [0.29, 0.717) is 12.1 Å². The van der Waals surface area contributed by atoms with Gasteiger partial charge in [-0.2, -0.15) is 0 Å². The Morgan fingerprint density at radius 1 is 1.05 bits per heavy atom. The van der Waals surface area contributed by atoms with E-state index in [-0.39, 0.29) is 5.75 Å². The maximum atomic E-state index is 11.9. The Morgan fingerprint density at radius 2 is 1.95 bits per heavy atom. The van der Waals surface area contributed by atoms with Crippen LogP contribution in [0, 0.1) is 0 Å². The van der Waals surface area contributed by atoms with Crippen molar-refractivity contribution in [1.29, 1.82) is 0 Å². The third kappa shape index (κ3) is 2.23. The number of aromatic nitrogens is 1. The summed E-state index contributed by atoms with van der Waals surface area (Å²) >= 11 is 0. The van der Waals surface area contributed by atoms with Crippen molar-refractivity contribution in [2.75, 3.05) is 10.5 Å². The van der Waals surface area contributed by atoms with Gasteiger partial charge in [-0.15, -0.1) is 0 Å². The van der Waals surface area contributed by atoms with Crippen molar-refractivity contribution in [1.82, 2.24) is 4.98 Å². The van der Waals surface area contributed by atoms with Crippen LogP contribution in [0.2, 0.25) is 0 Å². The molecule has 4 nitrogen and oxygen atoms in total. The first kappa shape index (κ1) is 13.3. The molecule has 1 aromatic heterocycles. The molecule has 5 heteroatoms. The molecule has 0 radical (unpaired) electrons. The van der Waals surface area contributed by atoms with E-state index in [9.17, 15) is 8.42 Å². The van der Waals surface area contributed by atoms with Crippen LogP contribution in [0.25, 0.3) is 22.0 Å². The fourth-order valence-electron chi connectivity index (χ4n) is 2.86. The van der Waals surface area contributed by atoms with Crippen LogP contribution in [0.5, 0.6) is 0 Å².